The first-order chi connectivity index (χ1) is 13.9. The van der Waals surface area contributed by atoms with Crippen LogP contribution in [0.5, 0.6) is 0 Å². The van der Waals surface area contributed by atoms with Crippen LogP contribution >= 0.6 is 0 Å². The van der Waals surface area contributed by atoms with E-state index in [-0.39, 0.29) is 0 Å². The highest BCUT2D eigenvalue weighted by molar-refractivity contribution is 5.26. The molecular weight excluding hydrogens is 360 g/mol. The van der Waals surface area contributed by atoms with E-state index in [1.807, 2.05) is 0 Å². The van der Waals surface area contributed by atoms with Crippen LogP contribution in [-0.4, -0.2) is 0 Å². The Morgan fingerprint density at radius 1 is 0.700 bits per heavy atom. The minimum Gasteiger partial charge on any atom is -0.0840 e. The van der Waals surface area contributed by atoms with Gasteiger partial charge in [0, 0.05) is 0 Å². The zero-order valence-electron chi connectivity index (χ0n) is 21.5. The van der Waals surface area contributed by atoms with Crippen molar-refractivity contribution in [3.63, 3.8) is 0 Å². The van der Waals surface area contributed by atoms with Gasteiger partial charge in [0.05, 0.1) is 0 Å². The fourth-order valence-electron chi connectivity index (χ4n) is 11.4. The molecule has 0 unspecified atom stereocenters. The average Bonchev–Trinajstić information content (AvgIpc) is 2.99. The summed E-state index contributed by atoms with van der Waals surface area (Å²) in [6.07, 6.45) is 18.8. The summed E-state index contributed by atoms with van der Waals surface area (Å²) in [5.74, 6) is 5.31. The zero-order chi connectivity index (χ0) is 21.7. The van der Waals surface area contributed by atoms with Crippen molar-refractivity contribution in [2.75, 3.05) is 0 Å². The number of hydrogen-bond acceptors (Lipinski definition) is 0. The molecule has 5 rings (SSSR count). The van der Waals surface area contributed by atoms with E-state index in [4.69, 9.17) is 0 Å². The van der Waals surface area contributed by atoms with Crippen LogP contribution in [0.25, 0.3) is 0 Å². The lowest BCUT2D eigenvalue weighted by Gasteiger charge is -2.71. The quantitative estimate of drug-likeness (QED) is 0.378. The fraction of sp³-hybridized carbons (Fsp3) is 0.933. The van der Waals surface area contributed by atoms with Gasteiger partial charge in [-0.25, -0.2) is 0 Å². The van der Waals surface area contributed by atoms with Gasteiger partial charge in [-0.1, -0.05) is 74.0 Å². The smallest absolute Gasteiger partial charge is 0.00562 e. The summed E-state index contributed by atoms with van der Waals surface area (Å²) in [6, 6.07) is 0. The van der Waals surface area contributed by atoms with Crippen LogP contribution in [0.3, 0.4) is 0 Å². The molecule has 170 valence electrons. The molecule has 5 aliphatic rings. The summed E-state index contributed by atoms with van der Waals surface area (Å²) in [5, 5.41) is 0. The summed E-state index contributed by atoms with van der Waals surface area (Å²) < 4.78 is 0. The summed E-state index contributed by atoms with van der Waals surface area (Å²) >= 11 is 0. The Morgan fingerprint density at radius 2 is 1.40 bits per heavy atom. The molecule has 0 heteroatoms. The number of rotatable bonds is 1. The maximum absolute atomic E-state index is 2.81. The third-order valence-corrected chi connectivity index (χ3v) is 13.0. The largest absolute Gasteiger partial charge is 0.0840 e. The summed E-state index contributed by atoms with van der Waals surface area (Å²) in [5.41, 5.74) is 2.51. The first kappa shape index (κ1) is 21.6. The molecule has 30 heavy (non-hydrogen) atoms. The van der Waals surface area contributed by atoms with Gasteiger partial charge in [-0.15, -0.1) is 0 Å². The molecule has 0 aromatic rings. The van der Waals surface area contributed by atoms with Gasteiger partial charge in [-0.3, -0.25) is 0 Å². The zero-order valence-corrected chi connectivity index (χ0v) is 21.5. The van der Waals surface area contributed by atoms with Gasteiger partial charge in [0.15, 0.2) is 0 Å². The summed E-state index contributed by atoms with van der Waals surface area (Å²) in [6.45, 7) is 21.1. The maximum atomic E-state index is 2.81. The molecule has 0 nitrogen and oxygen atoms in total. The topological polar surface area (TPSA) is 0 Å². The molecule has 4 saturated carbocycles. The van der Waals surface area contributed by atoms with Crippen LogP contribution in [0, 0.1) is 62.6 Å². The van der Waals surface area contributed by atoms with E-state index >= 15 is 0 Å². The summed E-state index contributed by atoms with van der Waals surface area (Å²) in [7, 11) is 0. The van der Waals surface area contributed by atoms with Crippen molar-refractivity contribution >= 4 is 0 Å². The molecule has 0 aliphatic heterocycles. The molecule has 0 N–H and O–H groups in total. The molecule has 0 spiro atoms. The SMILES string of the molecule is CC(C)[C@H]1CC[C@]2(C)[C@H]3CC[C@@H]4[C@@]5(C)CCCC(C)(C)[C@@H]5CC[C@@]4(C)[C@]3(C)C=C[C@@H]12. The molecule has 5 aliphatic carbocycles. The first-order valence-electron chi connectivity index (χ1n) is 13.6. The lowest BCUT2D eigenvalue weighted by atomic mass is 9.33. The van der Waals surface area contributed by atoms with E-state index in [1.54, 1.807) is 0 Å². The fourth-order valence-corrected chi connectivity index (χ4v) is 11.4. The second-order valence-corrected chi connectivity index (χ2v) is 14.7. The molecule has 0 heterocycles. The Hall–Kier alpha value is -0.260. The molecule has 9 atom stereocenters. The average molecular weight is 411 g/mol. The molecule has 0 amide bonds. The summed E-state index contributed by atoms with van der Waals surface area (Å²) in [4.78, 5) is 0. The molecule has 0 saturated heterocycles. The predicted octanol–water partition coefficient (Wildman–Crippen LogP) is 8.91. The minimum absolute atomic E-state index is 0.391. The Bertz CT molecular complexity index is 728. The second kappa shape index (κ2) is 6.41. The van der Waals surface area contributed by atoms with Crippen molar-refractivity contribution in [3.05, 3.63) is 12.2 Å². The van der Waals surface area contributed by atoms with E-state index in [0.717, 1.165) is 35.5 Å². The standard InChI is InChI=1S/C30H50/c1-20(2)21-12-17-27(5)22(21)13-18-29(7)24(27)10-11-25-28(6)16-9-15-26(3,4)23(28)14-19-30(25,29)8/h13,18,20-25H,9-12,14-17,19H2,1-8H3/t21-,22+,23+,24-,25-,27+,28+,29-,30-/m1/s1. The van der Waals surface area contributed by atoms with Crippen molar-refractivity contribution in [3.8, 4) is 0 Å². The molecule has 0 aromatic carbocycles. The van der Waals surface area contributed by atoms with Gasteiger partial charge in [-0.2, -0.15) is 0 Å². The highest BCUT2D eigenvalue weighted by Gasteiger charge is 2.69. The molecular formula is C30H50. The van der Waals surface area contributed by atoms with Crippen LogP contribution in [-0.2, 0) is 0 Å². The van der Waals surface area contributed by atoms with Gasteiger partial charge >= 0.3 is 0 Å². The van der Waals surface area contributed by atoms with Crippen LogP contribution in [0.1, 0.15) is 113 Å². The van der Waals surface area contributed by atoms with E-state index in [2.05, 4.69) is 67.5 Å². The number of hydrogen-bond donors (Lipinski definition) is 0. The van der Waals surface area contributed by atoms with Crippen molar-refractivity contribution in [2.24, 2.45) is 62.6 Å². The van der Waals surface area contributed by atoms with Crippen LogP contribution in [0.4, 0.5) is 0 Å². The van der Waals surface area contributed by atoms with Crippen LogP contribution < -0.4 is 0 Å². The predicted molar refractivity (Wildman–Crippen MR) is 129 cm³/mol. The minimum atomic E-state index is 0.391. The number of fused-ring (bicyclic) bond motifs is 7. The number of allylic oxidation sites excluding steroid dienone is 2. The van der Waals surface area contributed by atoms with Gasteiger partial charge in [-0.05, 0) is 114 Å². The van der Waals surface area contributed by atoms with Crippen molar-refractivity contribution in [1.29, 1.82) is 0 Å². The van der Waals surface area contributed by atoms with E-state index in [1.165, 1.54) is 57.8 Å². The van der Waals surface area contributed by atoms with Crippen molar-refractivity contribution in [2.45, 2.75) is 113 Å². The molecule has 0 aromatic heterocycles. The highest BCUT2D eigenvalue weighted by Crippen LogP contribution is 2.76. The van der Waals surface area contributed by atoms with Gasteiger partial charge < -0.3 is 0 Å². The monoisotopic (exact) mass is 410 g/mol. The van der Waals surface area contributed by atoms with E-state index in [0.29, 0.717) is 27.1 Å². The third kappa shape index (κ3) is 2.46. The van der Waals surface area contributed by atoms with Gasteiger partial charge in [0.1, 0.15) is 0 Å². The van der Waals surface area contributed by atoms with Crippen LogP contribution in [0.15, 0.2) is 12.2 Å². The molecule has 0 radical (unpaired) electrons. The van der Waals surface area contributed by atoms with Gasteiger partial charge in [0.2, 0.25) is 0 Å². The second-order valence-electron chi connectivity index (χ2n) is 14.7. The molecule has 4 fully saturated rings. The third-order valence-electron chi connectivity index (χ3n) is 13.0. The van der Waals surface area contributed by atoms with E-state index < -0.39 is 0 Å². The van der Waals surface area contributed by atoms with Crippen LogP contribution in [0.2, 0.25) is 0 Å². The highest BCUT2D eigenvalue weighted by atomic mass is 14.7. The first-order valence-corrected chi connectivity index (χ1v) is 13.6. The van der Waals surface area contributed by atoms with E-state index in [9.17, 15) is 0 Å². The maximum Gasteiger partial charge on any atom is -0.00562 e. The Morgan fingerprint density at radius 3 is 2.10 bits per heavy atom. The molecule has 0 bridgehead atoms. The normalized spacial score (nSPS) is 56.8. The lowest BCUT2D eigenvalue weighted by molar-refractivity contribution is -0.212. The Kier molecular flexibility index (Phi) is 4.61. The lowest BCUT2D eigenvalue weighted by Crippen LogP contribution is -2.64. The Balaban J connectivity index is 1.56. The van der Waals surface area contributed by atoms with Gasteiger partial charge in [0.25, 0.3) is 0 Å². The Labute approximate surface area is 188 Å². The van der Waals surface area contributed by atoms with Crippen molar-refractivity contribution in [1.82, 2.24) is 0 Å². The van der Waals surface area contributed by atoms with Crippen molar-refractivity contribution < 1.29 is 0 Å².